The number of ether oxygens (including phenoxy) is 4. The lowest BCUT2D eigenvalue weighted by molar-refractivity contribution is -0.109. The molecule has 0 N–H and O–H groups in total. The minimum atomic E-state index is -0.788. The molecule has 0 saturated carbocycles. The van der Waals surface area contributed by atoms with Gasteiger partial charge in [-0.25, -0.2) is 14.6 Å². The number of hydrogen-bond acceptors (Lipinski definition) is 7. The number of hydrogen-bond donors (Lipinski definition) is 0. The lowest BCUT2D eigenvalue weighted by Gasteiger charge is -2.30. The van der Waals surface area contributed by atoms with Crippen LogP contribution in [0.4, 0.5) is 15.4 Å². The van der Waals surface area contributed by atoms with Gasteiger partial charge in [-0.05, 0) is 54.3 Å². The third-order valence-corrected chi connectivity index (χ3v) is 5.29. The molecule has 1 aromatic heterocycles. The summed E-state index contributed by atoms with van der Waals surface area (Å²) in [6, 6.07) is 10.8. The van der Waals surface area contributed by atoms with E-state index in [1.807, 2.05) is 12.1 Å². The van der Waals surface area contributed by atoms with E-state index in [0.717, 1.165) is 24.0 Å². The fraction of sp³-hybridized carbons (Fsp3) is 0.292. The molecule has 2 aromatic rings. The lowest BCUT2D eigenvalue weighted by atomic mass is 10.0. The van der Waals surface area contributed by atoms with Crippen molar-refractivity contribution in [1.82, 2.24) is 9.88 Å². The van der Waals surface area contributed by atoms with Crippen molar-refractivity contribution in [2.24, 2.45) is 0 Å². The Morgan fingerprint density at radius 2 is 1.97 bits per heavy atom. The first-order valence-electron chi connectivity index (χ1n) is 10.5. The van der Waals surface area contributed by atoms with Crippen LogP contribution < -0.4 is 9.64 Å². The van der Waals surface area contributed by atoms with E-state index in [2.05, 4.69) is 0 Å². The first-order valence-corrected chi connectivity index (χ1v) is 10.5. The Morgan fingerprint density at radius 3 is 2.73 bits per heavy atom. The summed E-state index contributed by atoms with van der Waals surface area (Å²) in [5.41, 5.74) is 2.07. The molecule has 0 saturated heterocycles. The summed E-state index contributed by atoms with van der Waals surface area (Å²) in [6.45, 7) is 0.673. The number of allylic oxidation sites excluding steroid dienone is 2. The molecule has 4 rings (SSSR count). The lowest BCUT2D eigenvalue weighted by Crippen LogP contribution is -2.39. The third kappa shape index (κ3) is 5.05. The summed E-state index contributed by atoms with van der Waals surface area (Å²) >= 11 is 0. The van der Waals surface area contributed by atoms with Gasteiger partial charge in [-0.15, -0.1) is 0 Å². The predicted octanol–water partition coefficient (Wildman–Crippen LogP) is 4.30. The summed E-state index contributed by atoms with van der Waals surface area (Å²) in [4.78, 5) is 33.0. The van der Waals surface area contributed by atoms with E-state index >= 15 is 0 Å². The van der Waals surface area contributed by atoms with Gasteiger partial charge in [-0.3, -0.25) is 9.80 Å². The van der Waals surface area contributed by atoms with Crippen LogP contribution in [-0.2, 0) is 27.2 Å². The van der Waals surface area contributed by atoms with Crippen molar-refractivity contribution in [1.29, 1.82) is 0 Å². The predicted molar refractivity (Wildman–Crippen MR) is 119 cm³/mol. The molecule has 9 heteroatoms. The van der Waals surface area contributed by atoms with Gasteiger partial charge in [0.1, 0.15) is 17.3 Å². The van der Waals surface area contributed by atoms with Gasteiger partial charge in [-0.2, -0.15) is 0 Å². The second-order valence-corrected chi connectivity index (χ2v) is 7.44. The highest BCUT2D eigenvalue weighted by atomic mass is 16.7. The van der Waals surface area contributed by atoms with Crippen LogP contribution >= 0.6 is 0 Å². The molecule has 2 aliphatic heterocycles. The van der Waals surface area contributed by atoms with E-state index in [4.69, 9.17) is 23.9 Å². The highest BCUT2D eigenvalue weighted by Gasteiger charge is 2.30. The average Bonchev–Trinajstić information content (AvgIpc) is 3.04. The van der Waals surface area contributed by atoms with Crippen molar-refractivity contribution >= 4 is 18.0 Å². The zero-order valence-electron chi connectivity index (χ0n) is 18.5. The minimum Gasteiger partial charge on any atom is -0.418 e. The summed E-state index contributed by atoms with van der Waals surface area (Å²) in [5, 5.41) is 0. The number of rotatable bonds is 6. The molecule has 0 aliphatic carbocycles. The molecule has 0 spiro atoms. The molecule has 0 atom stereocenters. The SMILES string of the molecule is COC(OC)c1nc2c(cc1CN1C=CC=COC1=O)CCCN2C(=O)Oc1ccccc1. The van der Waals surface area contributed by atoms with Gasteiger partial charge in [0.15, 0.2) is 0 Å². The number of pyridine rings is 1. The number of aryl methyl sites for hydroxylation is 1. The van der Waals surface area contributed by atoms with Crippen molar-refractivity contribution in [3.63, 3.8) is 0 Å². The minimum absolute atomic E-state index is 0.199. The Labute approximate surface area is 191 Å². The summed E-state index contributed by atoms with van der Waals surface area (Å²) in [7, 11) is 3.01. The van der Waals surface area contributed by atoms with Gasteiger partial charge < -0.3 is 18.9 Å². The number of carbonyl (C=O) groups excluding carboxylic acids is 2. The first kappa shape index (κ1) is 22.5. The van der Waals surface area contributed by atoms with Crippen LogP contribution in [0.5, 0.6) is 5.75 Å². The van der Waals surface area contributed by atoms with E-state index in [0.29, 0.717) is 23.8 Å². The van der Waals surface area contributed by atoms with Gasteiger partial charge >= 0.3 is 12.2 Å². The first-order chi connectivity index (χ1) is 16.1. The van der Waals surface area contributed by atoms with Crippen LogP contribution in [0, 0.1) is 0 Å². The fourth-order valence-electron chi connectivity index (χ4n) is 3.76. The van der Waals surface area contributed by atoms with Gasteiger partial charge in [0.05, 0.1) is 12.8 Å². The third-order valence-electron chi connectivity index (χ3n) is 5.29. The zero-order valence-corrected chi connectivity index (χ0v) is 18.5. The molecule has 0 radical (unpaired) electrons. The zero-order chi connectivity index (χ0) is 23.2. The Morgan fingerprint density at radius 1 is 1.18 bits per heavy atom. The van der Waals surface area contributed by atoms with Crippen LogP contribution in [0.25, 0.3) is 0 Å². The van der Waals surface area contributed by atoms with Gasteiger partial charge in [0.2, 0.25) is 6.29 Å². The van der Waals surface area contributed by atoms with Crippen LogP contribution in [0.2, 0.25) is 0 Å². The van der Waals surface area contributed by atoms with Crippen molar-refractivity contribution in [2.45, 2.75) is 25.7 Å². The topological polar surface area (TPSA) is 90.4 Å². The van der Waals surface area contributed by atoms with Gasteiger partial charge in [-0.1, -0.05) is 18.2 Å². The van der Waals surface area contributed by atoms with Crippen LogP contribution in [0.15, 0.2) is 61.0 Å². The van der Waals surface area contributed by atoms with E-state index in [9.17, 15) is 9.59 Å². The molecule has 172 valence electrons. The molecule has 0 fully saturated rings. The molecule has 0 unspecified atom stereocenters. The van der Waals surface area contributed by atoms with Crippen LogP contribution in [0.3, 0.4) is 0 Å². The number of cyclic esters (lactones) is 1. The highest BCUT2D eigenvalue weighted by Crippen LogP contribution is 2.32. The number of benzene rings is 1. The number of fused-ring (bicyclic) bond motifs is 1. The fourth-order valence-corrected chi connectivity index (χ4v) is 3.76. The highest BCUT2D eigenvalue weighted by molar-refractivity contribution is 5.89. The van der Waals surface area contributed by atoms with Crippen molar-refractivity contribution in [3.05, 3.63) is 77.8 Å². The molecule has 0 bridgehead atoms. The number of methoxy groups -OCH3 is 2. The number of amides is 2. The smallest absolute Gasteiger partial charge is 0.418 e. The Balaban J connectivity index is 1.68. The van der Waals surface area contributed by atoms with E-state index in [1.54, 1.807) is 42.6 Å². The molecule has 9 nitrogen and oxygen atoms in total. The molecule has 2 amide bonds. The molecule has 33 heavy (non-hydrogen) atoms. The Hall–Kier alpha value is -3.69. The summed E-state index contributed by atoms with van der Waals surface area (Å²) in [5.74, 6) is 0.953. The molecular formula is C24H25N3O6. The maximum absolute atomic E-state index is 12.9. The van der Waals surface area contributed by atoms with E-state index < -0.39 is 18.5 Å². The average molecular weight is 451 g/mol. The normalized spacial score (nSPS) is 15.3. The van der Waals surface area contributed by atoms with E-state index in [-0.39, 0.29) is 6.54 Å². The van der Waals surface area contributed by atoms with Crippen molar-refractivity contribution in [2.75, 3.05) is 25.7 Å². The number of nitrogens with zero attached hydrogens (tertiary/aromatic N) is 3. The maximum Gasteiger partial charge on any atom is 0.420 e. The number of anilines is 1. The molecule has 1 aromatic carbocycles. The number of carbonyl (C=O) groups is 2. The number of para-hydroxylation sites is 1. The van der Waals surface area contributed by atoms with Crippen LogP contribution in [-0.4, -0.2) is 42.8 Å². The quantitative estimate of drug-likeness (QED) is 0.605. The summed E-state index contributed by atoms with van der Waals surface area (Å²) in [6.07, 6.45) is 5.98. The molecule has 3 heterocycles. The maximum atomic E-state index is 12.9. The standard InChI is InChI=1S/C24H25N3O6/c1-30-22(31-2)20-18(16-26-12-6-7-14-32-23(26)28)15-17-9-8-13-27(21(17)25-20)24(29)33-19-10-4-3-5-11-19/h3-7,10-12,14-15,22H,8-9,13,16H2,1-2H3. The monoisotopic (exact) mass is 451 g/mol. The second-order valence-electron chi connectivity index (χ2n) is 7.44. The molecule has 2 aliphatic rings. The van der Waals surface area contributed by atoms with Crippen molar-refractivity contribution in [3.8, 4) is 5.75 Å². The summed E-state index contributed by atoms with van der Waals surface area (Å²) < 4.78 is 21.5. The number of aromatic nitrogens is 1. The Bertz CT molecular complexity index is 1070. The van der Waals surface area contributed by atoms with E-state index in [1.165, 1.54) is 30.3 Å². The molecular weight excluding hydrogens is 426 g/mol. The Kier molecular flexibility index (Phi) is 7.01. The van der Waals surface area contributed by atoms with Gasteiger partial charge in [0.25, 0.3) is 0 Å². The van der Waals surface area contributed by atoms with Crippen LogP contribution in [0.1, 0.15) is 29.5 Å². The second kappa shape index (κ2) is 10.3. The largest absolute Gasteiger partial charge is 0.420 e. The van der Waals surface area contributed by atoms with Crippen molar-refractivity contribution < 1.29 is 28.5 Å². The van der Waals surface area contributed by atoms with Gasteiger partial charge in [0, 0.05) is 27.0 Å².